The van der Waals surface area contributed by atoms with Crippen LogP contribution in [0.25, 0.3) is 90.1 Å². The van der Waals surface area contributed by atoms with Gasteiger partial charge >= 0.3 is 0 Å². The molecule has 0 unspecified atom stereocenters. The molecule has 2 aliphatic carbocycles. The molecule has 356 valence electrons. The van der Waals surface area contributed by atoms with Crippen LogP contribution < -0.4 is 16.2 Å². The van der Waals surface area contributed by atoms with Gasteiger partial charge in [-0.25, -0.2) is 0 Å². The first-order valence-corrected chi connectivity index (χ1v) is 28.0. The number of anilines is 2. The lowest BCUT2D eigenvalue weighted by molar-refractivity contribution is 0.332. The first-order valence-electron chi connectivity index (χ1n) is 26.3. The fourth-order valence-electron chi connectivity index (χ4n) is 13.5. The van der Waals surface area contributed by atoms with Crippen molar-refractivity contribution in [1.29, 1.82) is 0 Å². The summed E-state index contributed by atoms with van der Waals surface area (Å²) in [5.74, 6) is 0. The van der Waals surface area contributed by atoms with Gasteiger partial charge in [-0.05, 0) is 151 Å². The van der Waals surface area contributed by atoms with Crippen LogP contribution in [0.4, 0.5) is 11.4 Å². The number of nitrogens with zero attached hydrogens (tertiary/aromatic N) is 1. The predicted octanol–water partition coefficient (Wildman–Crippen LogP) is 17.9. The monoisotopic (exact) mass is 970 g/mol. The Kier molecular flexibility index (Phi) is 9.00. The Morgan fingerprint density at radius 2 is 1.19 bits per heavy atom. The Balaban J connectivity index is 1.14. The van der Waals surface area contributed by atoms with Crippen molar-refractivity contribution in [2.75, 3.05) is 5.32 Å². The van der Waals surface area contributed by atoms with E-state index in [1.54, 1.807) is 0 Å². The Labute approximate surface area is 433 Å². The Morgan fingerprint density at radius 3 is 1.94 bits per heavy atom. The van der Waals surface area contributed by atoms with Gasteiger partial charge in [-0.2, -0.15) is 0 Å². The fraction of sp³-hybridized carbons (Fsp3) is 0.284. The lowest BCUT2D eigenvalue weighted by atomic mass is 9.58. The molecule has 0 spiro atoms. The van der Waals surface area contributed by atoms with E-state index in [1.165, 1.54) is 147 Å². The summed E-state index contributed by atoms with van der Waals surface area (Å²) in [7, 11) is 0.836. The van der Waals surface area contributed by atoms with Crippen molar-refractivity contribution in [1.82, 2.24) is 4.57 Å². The number of nitrogens with one attached hydrogen (secondary N) is 1. The molecule has 2 nitrogen and oxygen atoms in total. The molecule has 4 heterocycles. The molecular weight excluding hydrogens is 908 g/mol. The lowest BCUT2D eigenvalue weighted by Gasteiger charge is -2.41. The number of hydrogen-bond donors (Lipinski definition) is 1. The highest BCUT2D eigenvalue weighted by Crippen LogP contribution is 2.54. The lowest BCUT2D eigenvalue weighted by Crippen LogP contribution is -2.38. The van der Waals surface area contributed by atoms with Crippen molar-refractivity contribution >= 4 is 114 Å². The molecule has 5 heteroatoms. The average molecular weight is 971 g/mol. The number of fused-ring (bicyclic) bond motifs is 16. The maximum absolute atomic E-state index is 4.13. The summed E-state index contributed by atoms with van der Waals surface area (Å²) >= 11 is 3.95. The quantitative estimate of drug-likeness (QED) is 0.175. The van der Waals surface area contributed by atoms with Crippen molar-refractivity contribution < 1.29 is 0 Å². The van der Waals surface area contributed by atoms with Gasteiger partial charge in [0.1, 0.15) is 0 Å². The molecule has 3 aromatic heterocycles. The summed E-state index contributed by atoms with van der Waals surface area (Å²) < 4.78 is 8.12. The molecule has 1 aliphatic heterocycles. The second-order valence-corrected chi connectivity index (χ2v) is 27.8. The molecule has 0 radical (unpaired) electrons. The minimum atomic E-state index is -0.115. The van der Waals surface area contributed by atoms with Crippen LogP contribution >= 0.6 is 22.7 Å². The van der Waals surface area contributed by atoms with Crippen molar-refractivity contribution in [3.8, 4) is 27.9 Å². The molecule has 14 rings (SSSR count). The maximum atomic E-state index is 4.13. The van der Waals surface area contributed by atoms with E-state index >= 15 is 0 Å². The van der Waals surface area contributed by atoms with E-state index in [0.717, 1.165) is 18.7 Å². The largest absolute Gasteiger partial charge is 0.355 e. The van der Waals surface area contributed by atoms with E-state index in [2.05, 4.69) is 220 Å². The molecule has 72 heavy (non-hydrogen) atoms. The van der Waals surface area contributed by atoms with Crippen LogP contribution in [0.1, 0.15) is 129 Å². The third-order valence-electron chi connectivity index (χ3n) is 17.8. The maximum Gasteiger partial charge on any atom is 0.198 e. The highest BCUT2D eigenvalue weighted by atomic mass is 32.1. The molecule has 8 aromatic carbocycles. The summed E-state index contributed by atoms with van der Waals surface area (Å²) in [6.45, 7) is 28.7. The smallest absolute Gasteiger partial charge is 0.198 e. The summed E-state index contributed by atoms with van der Waals surface area (Å²) in [4.78, 5) is 0. The zero-order valence-corrected chi connectivity index (χ0v) is 45.6. The average Bonchev–Trinajstić information content (AvgIpc) is 4.06. The molecule has 0 fully saturated rings. The molecular formula is C67H63BN2S2. The van der Waals surface area contributed by atoms with Crippen molar-refractivity contribution in [2.24, 2.45) is 0 Å². The van der Waals surface area contributed by atoms with Gasteiger partial charge in [0, 0.05) is 84.7 Å². The first-order chi connectivity index (χ1) is 34.2. The van der Waals surface area contributed by atoms with Gasteiger partial charge < -0.3 is 9.88 Å². The van der Waals surface area contributed by atoms with Crippen LogP contribution in [0.5, 0.6) is 0 Å². The first kappa shape index (κ1) is 44.6. The van der Waals surface area contributed by atoms with Crippen molar-refractivity contribution in [3.63, 3.8) is 0 Å². The molecule has 11 aromatic rings. The van der Waals surface area contributed by atoms with Crippen molar-refractivity contribution in [2.45, 2.75) is 123 Å². The molecule has 0 amide bonds. The van der Waals surface area contributed by atoms with E-state index in [4.69, 9.17) is 0 Å². The third kappa shape index (κ3) is 6.19. The zero-order chi connectivity index (χ0) is 49.8. The van der Waals surface area contributed by atoms with Crippen LogP contribution in [0.15, 0.2) is 127 Å². The number of thiophene rings is 2. The van der Waals surface area contributed by atoms with Crippen LogP contribution in [-0.2, 0) is 27.1 Å². The molecule has 0 atom stereocenters. The van der Waals surface area contributed by atoms with Gasteiger partial charge in [0.05, 0.1) is 5.52 Å². The van der Waals surface area contributed by atoms with Crippen LogP contribution in [0.3, 0.4) is 0 Å². The van der Waals surface area contributed by atoms with Gasteiger partial charge in [0.15, 0.2) is 7.28 Å². The van der Waals surface area contributed by atoms with Gasteiger partial charge in [-0.15, -0.1) is 22.7 Å². The Bertz CT molecular complexity index is 4190. The van der Waals surface area contributed by atoms with Gasteiger partial charge in [0.25, 0.3) is 0 Å². The standard InChI is InChI=1S/C67H63BN2S2/c1-63(2,3)36-21-24-38(25-22-36)69-51-35-56-42(43-31-48-49(34-55(43)71-56)66(9,10)28-27-65(48,7)8)30-44(51)59-60-61-57(58-40-18-14-16-20-54(40)72-62(58)59)45-29-37(64(4,5)6)23-26-52(45)70(61)53-33-47-41(32-50(53)68-60)39-17-13-15-19-46(39)67(47,11)12/h13-26,29-35,68-69H,27-28H2,1-12H3. The summed E-state index contributed by atoms with van der Waals surface area (Å²) in [5, 5.41) is 12.3. The van der Waals surface area contributed by atoms with Crippen LogP contribution in [0, 0.1) is 0 Å². The van der Waals surface area contributed by atoms with Gasteiger partial charge in [-0.1, -0.05) is 155 Å². The number of hydrogen-bond acceptors (Lipinski definition) is 3. The SMILES string of the molecule is CC(C)(C)c1ccc(Nc2cc3sc4cc5c(cc4c3cc2-c2c3c4c(c6cc(C(C)(C)C)ccc6n4-c4cc6c(cc4B3)-c3ccccc3C6(C)C)c3c2sc2ccccc23)C(C)(C)CCC5(C)C)cc1. The molecule has 0 bridgehead atoms. The van der Waals surface area contributed by atoms with E-state index in [0.29, 0.717) is 0 Å². The van der Waals surface area contributed by atoms with E-state index < -0.39 is 0 Å². The second-order valence-electron chi connectivity index (χ2n) is 25.7. The highest BCUT2D eigenvalue weighted by Gasteiger charge is 2.40. The summed E-state index contributed by atoms with van der Waals surface area (Å²) in [5.41, 5.74) is 23.2. The van der Waals surface area contributed by atoms with Crippen LogP contribution in [-0.4, -0.2) is 11.8 Å². The Morgan fingerprint density at radius 1 is 0.528 bits per heavy atom. The van der Waals surface area contributed by atoms with E-state index in [9.17, 15) is 0 Å². The topological polar surface area (TPSA) is 17.0 Å². The highest BCUT2D eigenvalue weighted by molar-refractivity contribution is 7.27. The zero-order valence-electron chi connectivity index (χ0n) is 44.0. The third-order valence-corrected chi connectivity index (χ3v) is 20.1. The van der Waals surface area contributed by atoms with E-state index in [-0.39, 0.29) is 27.1 Å². The minimum absolute atomic E-state index is 0.00941. The number of rotatable bonds is 3. The van der Waals surface area contributed by atoms with E-state index in [1.807, 2.05) is 22.7 Å². The molecule has 3 aliphatic rings. The number of benzene rings is 8. The molecule has 1 N–H and O–H groups in total. The van der Waals surface area contributed by atoms with Gasteiger partial charge in [0.2, 0.25) is 0 Å². The molecule has 0 saturated carbocycles. The summed E-state index contributed by atoms with van der Waals surface area (Å²) in [6, 6.07) is 50.4. The predicted molar refractivity (Wildman–Crippen MR) is 318 cm³/mol. The normalized spacial score (nSPS) is 16.4. The molecule has 0 saturated heterocycles. The van der Waals surface area contributed by atoms with Crippen LogP contribution in [0.2, 0.25) is 0 Å². The number of aromatic nitrogens is 1. The van der Waals surface area contributed by atoms with Crippen molar-refractivity contribution in [3.05, 3.63) is 161 Å². The summed E-state index contributed by atoms with van der Waals surface area (Å²) in [6.07, 6.45) is 2.40. The van der Waals surface area contributed by atoms with Gasteiger partial charge in [-0.3, -0.25) is 0 Å². The Hall–Kier alpha value is -6.14. The fourth-order valence-corrected chi connectivity index (χ4v) is 15.9. The second kappa shape index (κ2) is 14.5. The minimum Gasteiger partial charge on any atom is -0.355 e.